The Morgan fingerprint density at radius 1 is 1.27 bits per heavy atom. The van der Waals surface area contributed by atoms with E-state index in [1.807, 2.05) is 20.8 Å². The van der Waals surface area contributed by atoms with Crippen molar-refractivity contribution in [2.45, 2.75) is 32.8 Å². The van der Waals surface area contributed by atoms with Crippen LogP contribution in [0.25, 0.3) is 0 Å². The third-order valence-corrected chi connectivity index (χ3v) is 3.01. The van der Waals surface area contributed by atoms with E-state index in [0.717, 1.165) is 6.42 Å². The van der Waals surface area contributed by atoms with Crippen LogP contribution in [-0.4, -0.2) is 5.60 Å². The first-order chi connectivity index (χ1) is 6.85. The summed E-state index contributed by atoms with van der Waals surface area (Å²) in [6.07, 6.45) is 0.882. The highest BCUT2D eigenvalue weighted by Crippen LogP contribution is 2.34. The van der Waals surface area contributed by atoms with Crippen LogP contribution < -0.4 is 10.5 Å². The van der Waals surface area contributed by atoms with E-state index in [1.165, 1.54) is 0 Å². The highest BCUT2D eigenvalue weighted by atomic mass is 35.5. The van der Waals surface area contributed by atoms with Crippen LogP contribution in [0, 0.1) is 0 Å². The lowest BCUT2D eigenvalue weighted by atomic mass is 10.1. The van der Waals surface area contributed by atoms with Gasteiger partial charge in [0.25, 0.3) is 0 Å². The number of nitrogen functional groups attached to an aromatic ring is 1. The molecule has 1 aromatic rings. The molecule has 0 saturated heterocycles. The molecule has 0 aromatic heterocycles. The van der Waals surface area contributed by atoms with Gasteiger partial charge in [0.2, 0.25) is 0 Å². The molecular weight excluding hydrogens is 233 g/mol. The number of hydrogen-bond donors (Lipinski definition) is 1. The summed E-state index contributed by atoms with van der Waals surface area (Å²) in [6.45, 7) is 6.04. The molecule has 0 aliphatic heterocycles. The number of nitrogens with two attached hydrogens (primary N) is 1. The topological polar surface area (TPSA) is 35.2 Å². The summed E-state index contributed by atoms with van der Waals surface area (Å²) >= 11 is 11.7. The van der Waals surface area contributed by atoms with Crippen molar-refractivity contribution in [3.05, 3.63) is 22.2 Å². The first kappa shape index (κ1) is 12.5. The fourth-order valence-electron chi connectivity index (χ4n) is 1.00. The van der Waals surface area contributed by atoms with Crippen LogP contribution >= 0.6 is 23.2 Å². The zero-order chi connectivity index (χ0) is 11.6. The number of halogens is 2. The summed E-state index contributed by atoms with van der Waals surface area (Å²) in [4.78, 5) is 0. The van der Waals surface area contributed by atoms with E-state index < -0.39 is 0 Å². The van der Waals surface area contributed by atoms with E-state index in [-0.39, 0.29) is 5.60 Å². The molecule has 2 N–H and O–H groups in total. The molecule has 1 rings (SSSR count). The average molecular weight is 248 g/mol. The summed E-state index contributed by atoms with van der Waals surface area (Å²) in [5.41, 5.74) is 6.03. The van der Waals surface area contributed by atoms with Gasteiger partial charge in [-0.3, -0.25) is 0 Å². The molecule has 0 unspecified atom stereocenters. The van der Waals surface area contributed by atoms with Crippen LogP contribution in [0.15, 0.2) is 12.1 Å². The molecule has 4 heteroatoms. The SMILES string of the molecule is CCC(C)(C)Oc1cc(Cl)c(Cl)cc1N. The van der Waals surface area contributed by atoms with Crippen molar-refractivity contribution >= 4 is 28.9 Å². The first-order valence-electron chi connectivity index (χ1n) is 4.79. The van der Waals surface area contributed by atoms with E-state index in [0.29, 0.717) is 21.5 Å². The number of anilines is 1. The maximum atomic E-state index is 5.89. The van der Waals surface area contributed by atoms with Gasteiger partial charge in [0, 0.05) is 6.07 Å². The lowest BCUT2D eigenvalue weighted by Crippen LogP contribution is -2.27. The molecular formula is C11H15Cl2NO. The van der Waals surface area contributed by atoms with E-state index in [4.69, 9.17) is 33.7 Å². The van der Waals surface area contributed by atoms with Gasteiger partial charge in [0.15, 0.2) is 0 Å². The fraction of sp³-hybridized carbons (Fsp3) is 0.455. The molecule has 0 aliphatic carbocycles. The van der Waals surface area contributed by atoms with Crippen LogP contribution in [0.1, 0.15) is 27.2 Å². The van der Waals surface area contributed by atoms with Gasteiger partial charge < -0.3 is 10.5 Å². The minimum absolute atomic E-state index is 0.259. The Hall–Kier alpha value is -0.600. The van der Waals surface area contributed by atoms with E-state index >= 15 is 0 Å². The summed E-state index contributed by atoms with van der Waals surface area (Å²) in [5.74, 6) is 0.580. The number of ether oxygens (including phenoxy) is 1. The van der Waals surface area contributed by atoms with Gasteiger partial charge >= 0.3 is 0 Å². The van der Waals surface area contributed by atoms with Crippen LogP contribution in [0.2, 0.25) is 10.0 Å². The zero-order valence-electron chi connectivity index (χ0n) is 9.10. The summed E-state index contributed by atoms with van der Waals surface area (Å²) in [5, 5.41) is 0.892. The molecule has 15 heavy (non-hydrogen) atoms. The fourth-order valence-corrected chi connectivity index (χ4v) is 1.33. The van der Waals surface area contributed by atoms with E-state index in [2.05, 4.69) is 0 Å². The molecule has 0 bridgehead atoms. The Labute approximate surface area is 100 Å². The molecule has 0 saturated carbocycles. The molecule has 0 fully saturated rings. The van der Waals surface area contributed by atoms with Crippen molar-refractivity contribution in [1.29, 1.82) is 0 Å². The van der Waals surface area contributed by atoms with Gasteiger partial charge in [-0.25, -0.2) is 0 Å². The van der Waals surface area contributed by atoms with E-state index in [9.17, 15) is 0 Å². The Morgan fingerprint density at radius 2 is 1.80 bits per heavy atom. The Balaban J connectivity index is 3.01. The van der Waals surface area contributed by atoms with Crippen molar-refractivity contribution in [2.75, 3.05) is 5.73 Å². The second kappa shape index (κ2) is 4.50. The average Bonchev–Trinajstić information content (AvgIpc) is 2.14. The third kappa shape index (κ3) is 3.18. The standard InChI is InChI=1S/C11H15Cl2NO/c1-4-11(2,3)15-10-6-8(13)7(12)5-9(10)14/h5-6H,4,14H2,1-3H3. The van der Waals surface area contributed by atoms with E-state index in [1.54, 1.807) is 12.1 Å². The van der Waals surface area contributed by atoms with Crippen molar-refractivity contribution in [1.82, 2.24) is 0 Å². The summed E-state index contributed by atoms with van der Waals surface area (Å²) in [7, 11) is 0. The smallest absolute Gasteiger partial charge is 0.144 e. The molecule has 0 atom stereocenters. The predicted molar refractivity (Wildman–Crippen MR) is 65.9 cm³/mol. The van der Waals surface area contributed by atoms with Crippen molar-refractivity contribution in [3.63, 3.8) is 0 Å². The molecule has 84 valence electrons. The predicted octanol–water partition coefficient (Wildman–Crippen LogP) is 4.14. The largest absolute Gasteiger partial charge is 0.486 e. The molecule has 2 nitrogen and oxygen atoms in total. The van der Waals surface area contributed by atoms with Gasteiger partial charge in [0.05, 0.1) is 15.7 Å². The van der Waals surface area contributed by atoms with Crippen molar-refractivity contribution < 1.29 is 4.74 Å². The second-order valence-corrected chi connectivity index (χ2v) is 4.83. The van der Waals surface area contributed by atoms with Gasteiger partial charge in [-0.2, -0.15) is 0 Å². The zero-order valence-corrected chi connectivity index (χ0v) is 10.6. The van der Waals surface area contributed by atoms with Gasteiger partial charge in [-0.1, -0.05) is 30.1 Å². The minimum Gasteiger partial charge on any atom is -0.486 e. The van der Waals surface area contributed by atoms with Gasteiger partial charge in [-0.15, -0.1) is 0 Å². The monoisotopic (exact) mass is 247 g/mol. The highest BCUT2D eigenvalue weighted by molar-refractivity contribution is 6.42. The van der Waals surface area contributed by atoms with Gasteiger partial charge in [0.1, 0.15) is 11.4 Å². The van der Waals surface area contributed by atoms with Crippen molar-refractivity contribution in [2.24, 2.45) is 0 Å². The molecule has 0 radical (unpaired) electrons. The van der Waals surface area contributed by atoms with Crippen LogP contribution in [0.4, 0.5) is 5.69 Å². The van der Waals surface area contributed by atoms with Gasteiger partial charge in [-0.05, 0) is 26.3 Å². The second-order valence-electron chi connectivity index (χ2n) is 4.02. The van der Waals surface area contributed by atoms with Crippen LogP contribution in [-0.2, 0) is 0 Å². The molecule has 0 aliphatic rings. The summed E-state index contributed by atoms with van der Waals surface area (Å²) < 4.78 is 5.75. The molecule has 0 heterocycles. The molecule has 0 spiro atoms. The first-order valence-corrected chi connectivity index (χ1v) is 5.55. The molecule has 0 amide bonds. The lowest BCUT2D eigenvalue weighted by molar-refractivity contribution is 0.106. The number of rotatable bonds is 3. The number of benzene rings is 1. The van der Waals surface area contributed by atoms with Crippen LogP contribution in [0.3, 0.4) is 0 Å². The Bertz CT molecular complexity index is 364. The minimum atomic E-state index is -0.259. The van der Waals surface area contributed by atoms with Crippen molar-refractivity contribution in [3.8, 4) is 5.75 Å². The Morgan fingerprint density at radius 3 is 2.33 bits per heavy atom. The molecule has 1 aromatic carbocycles. The lowest BCUT2D eigenvalue weighted by Gasteiger charge is -2.25. The normalized spacial score (nSPS) is 11.5. The summed E-state index contributed by atoms with van der Waals surface area (Å²) in [6, 6.07) is 3.25. The maximum absolute atomic E-state index is 5.89. The number of hydrogen-bond acceptors (Lipinski definition) is 2. The Kier molecular flexibility index (Phi) is 3.74. The third-order valence-electron chi connectivity index (χ3n) is 2.29. The maximum Gasteiger partial charge on any atom is 0.144 e. The van der Waals surface area contributed by atoms with Crippen LogP contribution in [0.5, 0.6) is 5.75 Å². The quantitative estimate of drug-likeness (QED) is 0.815. The highest BCUT2D eigenvalue weighted by Gasteiger charge is 2.18.